The highest BCUT2D eigenvalue weighted by Crippen LogP contribution is 2.37. The van der Waals surface area contributed by atoms with Gasteiger partial charge in [-0.25, -0.2) is 13.6 Å². The van der Waals surface area contributed by atoms with E-state index >= 15 is 0 Å². The van der Waals surface area contributed by atoms with Crippen LogP contribution in [-0.2, 0) is 14.8 Å². The van der Waals surface area contributed by atoms with Crippen molar-refractivity contribution < 1.29 is 13.2 Å². The van der Waals surface area contributed by atoms with Crippen LogP contribution in [0.5, 0.6) is 0 Å². The molecule has 0 fully saturated rings. The molecule has 2 N–H and O–H groups in total. The molecule has 0 saturated carbocycles. The molecule has 1 aliphatic rings. The van der Waals surface area contributed by atoms with Crippen molar-refractivity contribution in [3.63, 3.8) is 0 Å². The molecule has 0 saturated heterocycles. The van der Waals surface area contributed by atoms with Gasteiger partial charge in [-0.2, -0.15) is 0 Å². The molecule has 1 aliphatic heterocycles. The van der Waals surface area contributed by atoms with Crippen LogP contribution in [0.15, 0.2) is 58.3 Å². The van der Waals surface area contributed by atoms with Gasteiger partial charge in [0.25, 0.3) is 0 Å². The molecular formula is C21H27N3O3S2. The first-order valence-electron chi connectivity index (χ1n) is 9.56. The number of carbonyl (C=O) groups is 1. The Morgan fingerprint density at radius 1 is 1.28 bits per heavy atom. The SMILES string of the molecule is C[C@@H]1CCN(C(=O)CN(C)[C@H](C)c2cccc(S(N)(=O)=O)c2)c2ccccc2S1. The molecule has 2 aromatic rings. The molecule has 3 rings (SSSR count). The normalized spacial score (nSPS) is 18.2. The van der Waals surface area contributed by atoms with Gasteiger partial charge in [-0.05, 0) is 50.2 Å². The predicted octanol–water partition coefficient (Wildman–Crippen LogP) is 3.24. The number of nitrogens with two attached hydrogens (primary N) is 1. The minimum absolute atomic E-state index is 0.0316. The first-order valence-corrected chi connectivity index (χ1v) is 12.0. The molecule has 2 atom stereocenters. The van der Waals surface area contributed by atoms with E-state index in [4.69, 9.17) is 5.14 Å². The van der Waals surface area contributed by atoms with E-state index in [1.54, 1.807) is 23.9 Å². The van der Waals surface area contributed by atoms with Crippen molar-refractivity contribution in [2.24, 2.45) is 5.14 Å². The number of sulfonamides is 1. The largest absolute Gasteiger partial charge is 0.310 e. The summed E-state index contributed by atoms with van der Waals surface area (Å²) in [5.41, 5.74) is 1.76. The number of nitrogens with zero attached hydrogens (tertiary/aromatic N) is 2. The van der Waals surface area contributed by atoms with E-state index in [0.717, 1.165) is 22.6 Å². The van der Waals surface area contributed by atoms with Crippen molar-refractivity contribution in [1.82, 2.24) is 4.90 Å². The fourth-order valence-corrected chi connectivity index (χ4v) is 5.07. The Labute approximate surface area is 177 Å². The summed E-state index contributed by atoms with van der Waals surface area (Å²) >= 11 is 1.80. The van der Waals surface area contributed by atoms with Gasteiger partial charge in [0, 0.05) is 22.7 Å². The van der Waals surface area contributed by atoms with Crippen molar-refractivity contribution >= 4 is 33.4 Å². The summed E-state index contributed by atoms with van der Waals surface area (Å²) in [6, 6.07) is 14.4. The van der Waals surface area contributed by atoms with Crippen LogP contribution in [0.4, 0.5) is 5.69 Å². The molecule has 0 bridgehead atoms. The summed E-state index contributed by atoms with van der Waals surface area (Å²) in [5.74, 6) is 0.0316. The third-order valence-corrected chi connectivity index (χ3v) is 7.41. The van der Waals surface area contributed by atoms with Gasteiger partial charge in [-0.3, -0.25) is 9.69 Å². The molecule has 29 heavy (non-hydrogen) atoms. The van der Waals surface area contributed by atoms with Crippen LogP contribution >= 0.6 is 11.8 Å². The summed E-state index contributed by atoms with van der Waals surface area (Å²) in [6.45, 7) is 5.05. The summed E-state index contributed by atoms with van der Waals surface area (Å²) in [6.07, 6.45) is 0.931. The Morgan fingerprint density at radius 2 is 2.00 bits per heavy atom. The maximum absolute atomic E-state index is 13.2. The molecule has 8 heteroatoms. The number of anilines is 1. The van der Waals surface area contributed by atoms with Crippen LogP contribution < -0.4 is 10.0 Å². The average molecular weight is 434 g/mol. The number of carbonyl (C=O) groups excluding carboxylic acids is 1. The summed E-state index contributed by atoms with van der Waals surface area (Å²) in [5, 5.41) is 5.70. The maximum Gasteiger partial charge on any atom is 0.241 e. The average Bonchev–Trinajstić information content (AvgIpc) is 2.85. The van der Waals surface area contributed by atoms with Crippen molar-refractivity contribution in [1.29, 1.82) is 0 Å². The second-order valence-electron chi connectivity index (χ2n) is 7.44. The van der Waals surface area contributed by atoms with Gasteiger partial charge in [0.15, 0.2) is 0 Å². The van der Waals surface area contributed by atoms with E-state index in [1.165, 1.54) is 6.07 Å². The van der Waals surface area contributed by atoms with Gasteiger partial charge < -0.3 is 4.90 Å². The lowest BCUT2D eigenvalue weighted by Crippen LogP contribution is -2.40. The topological polar surface area (TPSA) is 83.7 Å². The molecule has 1 heterocycles. The zero-order valence-electron chi connectivity index (χ0n) is 16.9. The van der Waals surface area contributed by atoms with E-state index in [0.29, 0.717) is 11.8 Å². The van der Waals surface area contributed by atoms with Crippen LogP contribution in [0, 0.1) is 0 Å². The number of likely N-dealkylation sites (N-methyl/N-ethyl adjacent to an activating group) is 1. The molecule has 0 aliphatic carbocycles. The first-order chi connectivity index (χ1) is 13.7. The lowest BCUT2D eigenvalue weighted by molar-refractivity contribution is -0.119. The van der Waals surface area contributed by atoms with Crippen LogP contribution in [0.1, 0.15) is 31.9 Å². The van der Waals surface area contributed by atoms with Gasteiger partial charge in [-0.1, -0.05) is 31.2 Å². The Morgan fingerprint density at radius 3 is 2.72 bits per heavy atom. The van der Waals surface area contributed by atoms with E-state index < -0.39 is 10.0 Å². The molecule has 1 amide bonds. The quantitative estimate of drug-likeness (QED) is 0.783. The van der Waals surface area contributed by atoms with Crippen molar-refractivity contribution in [2.75, 3.05) is 25.0 Å². The van der Waals surface area contributed by atoms with Crippen molar-refractivity contribution in [3.8, 4) is 0 Å². The molecule has 156 valence electrons. The van der Waals surface area contributed by atoms with Crippen molar-refractivity contribution in [2.45, 2.75) is 41.4 Å². The summed E-state index contributed by atoms with van der Waals surface area (Å²) in [7, 11) is -1.90. The van der Waals surface area contributed by atoms with Gasteiger partial charge in [0.1, 0.15) is 0 Å². The van der Waals surface area contributed by atoms with Gasteiger partial charge in [-0.15, -0.1) is 11.8 Å². The number of amides is 1. The number of primary sulfonamides is 1. The second kappa shape index (κ2) is 8.87. The van der Waals surface area contributed by atoms with Gasteiger partial charge in [0.2, 0.25) is 15.9 Å². The van der Waals surface area contributed by atoms with Crippen molar-refractivity contribution in [3.05, 3.63) is 54.1 Å². The number of hydrogen-bond acceptors (Lipinski definition) is 5. The first kappa shape index (κ1) is 21.8. The highest BCUT2D eigenvalue weighted by atomic mass is 32.2. The molecular weight excluding hydrogens is 406 g/mol. The van der Waals surface area contributed by atoms with Crippen LogP contribution in [0.2, 0.25) is 0 Å². The fourth-order valence-electron chi connectivity index (χ4n) is 3.39. The summed E-state index contributed by atoms with van der Waals surface area (Å²) in [4.78, 5) is 18.2. The lowest BCUT2D eigenvalue weighted by atomic mass is 10.1. The standard InChI is InChI=1S/C21H27N3O3S2/c1-15-11-12-24(19-9-4-5-10-20(19)28-15)21(25)14-23(3)16(2)17-7-6-8-18(13-17)29(22,26)27/h4-10,13,15-16H,11-12,14H2,1-3H3,(H2,22,26,27)/t15-,16-/m1/s1. The van der Waals surface area contributed by atoms with Gasteiger partial charge in [0.05, 0.1) is 17.1 Å². The number of para-hydroxylation sites is 1. The Hall–Kier alpha value is -1.87. The smallest absolute Gasteiger partial charge is 0.241 e. The fraction of sp³-hybridized carbons (Fsp3) is 0.381. The van der Waals surface area contributed by atoms with E-state index in [1.807, 2.05) is 48.0 Å². The molecule has 6 nitrogen and oxygen atoms in total. The van der Waals surface area contributed by atoms with Crippen LogP contribution in [0.25, 0.3) is 0 Å². The Kier molecular flexibility index (Phi) is 6.68. The number of benzene rings is 2. The molecule has 0 radical (unpaired) electrons. The zero-order valence-corrected chi connectivity index (χ0v) is 18.5. The van der Waals surface area contributed by atoms with Gasteiger partial charge >= 0.3 is 0 Å². The minimum Gasteiger partial charge on any atom is -0.310 e. The number of rotatable bonds is 5. The van der Waals surface area contributed by atoms with E-state index in [-0.39, 0.29) is 23.4 Å². The third kappa shape index (κ3) is 5.19. The monoisotopic (exact) mass is 433 g/mol. The molecule has 0 spiro atoms. The third-order valence-electron chi connectivity index (χ3n) is 5.26. The lowest BCUT2D eigenvalue weighted by Gasteiger charge is -2.29. The zero-order chi connectivity index (χ0) is 21.2. The number of hydrogen-bond donors (Lipinski definition) is 1. The molecule has 2 aromatic carbocycles. The highest BCUT2D eigenvalue weighted by Gasteiger charge is 2.26. The van der Waals surface area contributed by atoms with E-state index in [9.17, 15) is 13.2 Å². The van der Waals surface area contributed by atoms with Crippen LogP contribution in [0.3, 0.4) is 0 Å². The minimum atomic E-state index is -3.76. The van der Waals surface area contributed by atoms with Crippen LogP contribution in [-0.4, -0.2) is 44.6 Å². The maximum atomic E-state index is 13.2. The summed E-state index contributed by atoms with van der Waals surface area (Å²) < 4.78 is 23.3. The Bertz CT molecular complexity index is 994. The number of thioether (sulfide) groups is 1. The molecule has 0 aromatic heterocycles. The molecule has 0 unspecified atom stereocenters. The Balaban J connectivity index is 1.77. The van der Waals surface area contributed by atoms with E-state index in [2.05, 4.69) is 13.0 Å². The second-order valence-corrected chi connectivity index (χ2v) is 10.5. The highest BCUT2D eigenvalue weighted by molar-refractivity contribution is 8.00. The number of fused-ring (bicyclic) bond motifs is 1. The predicted molar refractivity (Wildman–Crippen MR) is 118 cm³/mol.